The first-order valence-corrected chi connectivity index (χ1v) is 10.8. The van der Waals surface area contributed by atoms with E-state index in [0.29, 0.717) is 29.9 Å². The van der Waals surface area contributed by atoms with Crippen molar-refractivity contribution in [1.82, 2.24) is 0 Å². The molecule has 0 atom stereocenters. The third-order valence-electron chi connectivity index (χ3n) is 5.75. The highest BCUT2D eigenvalue weighted by Crippen LogP contribution is 2.32. The Kier molecular flexibility index (Phi) is 5.99. The summed E-state index contributed by atoms with van der Waals surface area (Å²) in [5, 5.41) is 24.6. The van der Waals surface area contributed by atoms with Crippen molar-refractivity contribution in [2.75, 3.05) is 0 Å². The lowest BCUT2D eigenvalue weighted by atomic mass is 9.96. The minimum absolute atomic E-state index is 0.161. The molecule has 2 aliphatic rings. The molecule has 2 aromatic rings. The molecule has 4 rings (SSSR count). The van der Waals surface area contributed by atoms with Gasteiger partial charge in [0.25, 0.3) is 0 Å². The quantitative estimate of drug-likeness (QED) is 0.295. The minimum atomic E-state index is -0.231. The van der Waals surface area contributed by atoms with E-state index in [-0.39, 0.29) is 23.0 Å². The summed E-state index contributed by atoms with van der Waals surface area (Å²) in [7, 11) is 0. The van der Waals surface area contributed by atoms with Crippen LogP contribution in [0.4, 0.5) is 0 Å². The summed E-state index contributed by atoms with van der Waals surface area (Å²) < 4.78 is 0. The number of fused-ring (bicyclic) bond motifs is 1. The van der Waals surface area contributed by atoms with Crippen LogP contribution < -0.4 is 0 Å². The molecule has 154 valence electrons. The van der Waals surface area contributed by atoms with E-state index < -0.39 is 0 Å². The van der Waals surface area contributed by atoms with Crippen LogP contribution in [0.15, 0.2) is 62.6 Å². The number of hydrogen-bond acceptors (Lipinski definition) is 7. The Hall–Kier alpha value is -2.93. The fourth-order valence-electron chi connectivity index (χ4n) is 4.14. The van der Waals surface area contributed by atoms with Gasteiger partial charge in [0, 0.05) is 27.3 Å². The molecule has 1 fully saturated rings. The van der Waals surface area contributed by atoms with E-state index in [1.54, 1.807) is 18.2 Å². The highest BCUT2D eigenvalue weighted by atomic mass is 32.2. The summed E-state index contributed by atoms with van der Waals surface area (Å²) in [4.78, 5) is 26.6. The Labute approximate surface area is 178 Å². The number of nitrogens with zero attached hydrogens (tertiary/aromatic N) is 2. The standard InChI is InChI=1S/C23H22N2O4S/c26-22(20(24-28)11-14-3-1-2-4-14)15-5-7-17(8-6-15)30-18-9-10-19-16(12-18)13-21(25-29)23(19)27/h5-10,12,14,28-29H,1-4,11,13H2/b24-20-,25-21-. The first kappa shape index (κ1) is 20.3. The Morgan fingerprint density at radius 1 is 1.03 bits per heavy atom. The highest BCUT2D eigenvalue weighted by molar-refractivity contribution is 7.99. The van der Waals surface area contributed by atoms with Crippen LogP contribution in [0, 0.1) is 5.92 Å². The maximum atomic E-state index is 12.7. The molecule has 1 saturated carbocycles. The molecule has 2 aromatic carbocycles. The van der Waals surface area contributed by atoms with Crippen molar-refractivity contribution < 1.29 is 20.0 Å². The van der Waals surface area contributed by atoms with E-state index in [0.717, 1.165) is 28.2 Å². The number of rotatable bonds is 6. The van der Waals surface area contributed by atoms with E-state index in [1.165, 1.54) is 24.6 Å². The Morgan fingerprint density at radius 3 is 2.40 bits per heavy atom. The minimum Gasteiger partial charge on any atom is -0.411 e. The lowest BCUT2D eigenvalue weighted by molar-refractivity contribution is 0.105. The predicted octanol–water partition coefficient (Wildman–Crippen LogP) is 5.00. The maximum absolute atomic E-state index is 12.7. The van der Waals surface area contributed by atoms with E-state index >= 15 is 0 Å². The van der Waals surface area contributed by atoms with Gasteiger partial charge in [-0.25, -0.2) is 0 Å². The van der Waals surface area contributed by atoms with Gasteiger partial charge in [0.1, 0.15) is 11.4 Å². The zero-order valence-corrected chi connectivity index (χ0v) is 17.2. The number of benzene rings is 2. The van der Waals surface area contributed by atoms with Gasteiger partial charge in [-0.1, -0.05) is 47.8 Å². The van der Waals surface area contributed by atoms with Crippen LogP contribution >= 0.6 is 11.8 Å². The highest BCUT2D eigenvalue weighted by Gasteiger charge is 2.27. The van der Waals surface area contributed by atoms with E-state index in [1.807, 2.05) is 24.3 Å². The lowest BCUT2D eigenvalue weighted by Gasteiger charge is -2.10. The summed E-state index contributed by atoms with van der Waals surface area (Å²) in [6.45, 7) is 0. The van der Waals surface area contributed by atoms with Crippen LogP contribution in [0.3, 0.4) is 0 Å². The average molecular weight is 423 g/mol. The van der Waals surface area contributed by atoms with Crippen molar-refractivity contribution in [1.29, 1.82) is 0 Å². The summed E-state index contributed by atoms with van der Waals surface area (Å²) >= 11 is 1.52. The van der Waals surface area contributed by atoms with Gasteiger partial charge < -0.3 is 10.4 Å². The van der Waals surface area contributed by atoms with Gasteiger partial charge in [-0.15, -0.1) is 0 Å². The molecule has 0 aliphatic heterocycles. The molecule has 0 radical (unpaired) electrons. The fourth-order valence-corrected chi connectivity index (χ4v) is 5.02. The molecule has 0 spiro atoms. The van der Waals surface area contributed by atoms with Crippen molar-refractivity contribution in [3.05, 3.63) is 59.2 Å². The van der Waals surface area contributed by atoms with Crippen molar-refractivity contribution in [2.24, 2.45) is 16.2 Å². The van der Waals surface area contributed by atoms with Crippen LogP contribution in [0.5, 0.6) is 0 Å². The number of hydrogen-bond donors (Lipinski definition) is 2. The van der Waals surface area contributed by atoms with Gasteiger partial charge in [0.2, 0.25) is 11.6 Å². The Bertz CT molecular complexity index is 1040. The fraction of sp³-hybridized carbons (Fsp3) is 0.304. The Balaban J connectivity index is 1.44. The summed E-state index contributed by atoms with van der Waals surface area (Å²) in [6.07, 6.45) is 5.37. The number of carbonyl (C=O) groups is 2. The molecule has 0 aromatic heterocycles. The van der Waals surface area contributed by atoms with Gasteiger partial charge >= 0.3 is 0 Å². The molecule has 0 amide bonds. The van der Waals surface area contributed by atoms with E-state index in [2.05, 4.69) is 10.3 Å². The average Bonchev–Trinajstić information content (AvgIpc) is 3.39. The normalized spacial score (nSPS) is 18.2. The SMILES string of the molecule is O=C(/C(CC1CCCC1)=N\O)c1ccc(Sc2ccc3c(c2)C/C(=N/O)C3=O)cc1. The molecule has 2 aliphatic carbocycles. The maximum Gasteiger partial charge on any atom is 0.211 e. The lowest BCUT2D eigenvalue weighted by Crippen LogP contribution is -2.17. The molecule has 0 heterocycles. The molecule has 0 bridgehead atoms. The first-order chi connectivity index (χ1) is 14.6. The second-order valence-corrected chi connectivity index (χ2v) is 8.88. The first-order valence-electron chi connectivity index (χ1n) is 10.0. The molecule has 2 N–H and O–H groups in total. The largest absolute Gasteiger partial charge is 0.411 e. The van der Waals surface area contributed by atoms with Crippen LogP contribution in [-0.2, 0) is 6.42 Å². The third-order valence-corrected chi connectivity index (χ3v) is 6.75. The summed E-state index contributed by atoms with van der Waals surface area (Å²) in [5.74, 6) is -0.0311. The number of ketones is 2. The monoisotopic (exact) mass is 422 g/mol. The van der Waals surface area contributed by atoms with Crippen molar-refractivity contribution in [2.45, 2.75) is 48.3 Å². The van der Waals surface area contributed by atoms with Crippen molar-refractivity contribution >= 4 is 34.8 Å². The molecule has 30 heavy (non-hydrogen) atoms. The topological polar surface area (TPSA) is 99.3 Å². The van der Waals surface area contributed by atoms with Crippen LogP contribution in [0.25, 0.3) is 0 Å². The smallest absolute Gasteiger partial charge is 0.211 e. The third kappa shape index (κ3) is 4.16. The van der Waals surface area contributed by atoms with Gasteiger partial charge in [0.05, 0.1) is 0 Å². The van der Waals surface area contributed by atoms with Crippen molar-refractivity contribution in [3.63, 3.8) is 0 Å². The van der Waals surface area contributed by atoms with Gasteiger partial charge in [-0.3, -0.25) is 9.59 Å². The number of oxime groups is 2. The van der Waals surface area contributed by atoms with E-state index in [9.17, 15) is 14.8 Å². The molecular formula is C23H22N2O4S. The zero-order valence-electron chi connectivity index (χ0n) is 16.4. The molecule has 7 heteroatoms. The van der Waals surface area contributed by atoms with E-state index in [4.69, 9.17) is 5.21 Å². The predicted molar refractivity (Wildman–Crippen MR) is 114 cm³/mol. The van der Waals surface area contributed by atoms with Crippen LogP contribution in [0.2, 0.25) is 0 Å². The molecule has 6 nitrogen and oxygen atoms in total. The summed E-state index contributed by atoms with van der Waals surface area (Å²) in [5.41, 5.74) is 2.32. The number of carbonyl (C=O) groups excluding carboxylic acids is 2. The van der Waals surface area contributed by atoms with Crippen LogP contribution in [-0.4, -0.2) is 33.4 Å². The molecule has 0 saturated heterocycles. The zero-order chi connectivity index (χ0) is 21.1. The van der Waals surface area contributed by atoms with Gasteiger partial charge in [-0.05, 0) is 60.4 Å². The van der Waals surface area contributed by atoms with Crippen LogP contribution in [0.1, 0.15) is 58.4 Å². The second kappa shape index (κ2) is 8.83. The molecule has 0 unspecified atom stereocenters. The van der Waals surface area contributed by atoms with Gasteiger partial charge in [0.15, 0.2) is 0 Å². The molecular weight excluding hydrogens is 400 g/mol. The number of Topliss-reactive ketones (excluding diaryl/α,β-unsaturated/α-hetero) is 2. The Morgan fingerprint density at radius 2 is 1.73 bits per heavy atom. The van der Waals surface area contributed by atoms with Crippen molar-refractivity contribution in [3.8, 4) is 0 Å². The van der Waals surface area contributed by atoms with Gasteiger partial charge in [-0.2, -0.15) is 0 Å². The second-order valence-electron chi connectivity index (χ2n) is 7.73. The summed E-state index contributed by atoms with van der Waals surface area (Å²) in [6, 6.07) is 12.8.